The van der Waals surface area contributed by atoms with Gasteiger partial charge in [0.2, 0.25) is 0 Å². The Hall–Kier alpha value is -2.24. The van der Waals surface area contributed by atoms with Crippen molar-refractivity contribution in [1.29, 1.82) is 0 Å². The maximum Gasteiger partial charge on any atom is 0.0899 e. The molecule has 0 saturated carbocycles. The van der Waals surface area contributed by atoms with Crippen molar-refractivity contribution in [3.05, 3.63) is 59.7 Å². The molecule has 5 heteroatoms. The summed E-state index contributed by atoms with van der Waals surface area (Å²) < 4.78 is 1.97. The zero-order valence-electron chi connectivity index (χ0n) is 12.2. The highest BCUT2D eigenvalue weighted by Gasteiger charge is 2.20. The van der Waals surface area contributed by atoms with Crippen LogP contribution in [0.5, 0.6) is 0 Å². The van der Waals surface area contributed by atoms with Crippen LogP contribution in [-0.2, 0) is 6.54 Å². The number of hydrogen-bond donors (Lipinski definition) is 2. The number of nitrogens with zero attached hydrogens (tertiary/aromatic N) is 3. The smallest absolute Gasteiger partial charge is 0.0899 e. The van der Waals surface area contributed by atoms with Crippen LogP contribution in [0.15, 0.2) is 42.7 Å². The highest BCUT2D eigenvalue weighted by atomic mass is 15.3. The molecule has 3 N–H and O–H groups in total. The minimum Gasteiger partial charge on any atom is -0.271 e. The molecule has 1 aromatic carbocycles. The summed E-state index contributed by atoms with van der Waals surface area (Å²) in [6, 6.07) is 10.1. The van der Waals surface area contributed by atoms with E-state index in [1.54, 1.807) is 0 Å². The minimum atomic E-state index is -0.134. The standard InChI is InChI=1S/C16H19N5/c1-3-21-15(8-11(2)20-21)16(19-17)14-10-18-9-12-6-4-5-7-13(12)14/h4-10,16,19H,3,17H2,1-2H3. The maximum absolute atomic E-state index is 5.84. The molecule has 5 nitrogen and oxygen atoms in total. The number of hydrazine groups is 1. The number of aryl methyl sites for hydroxylation is 2. The first-order valence-corrected chi connectivity index (χ1v) is 7.07. The van der Waals surface area contributed by atoms with Gasteiger partial charge in [0, 0.05) is 29.9 Å². The van der Waals surface area contributed by atoms with Crippen molar-refractivity contribution in [2.75, 3.05) is 0 Å². The first kappa shape index (κ1) is 13.7. The molecule has 0 saturated heterocycles. The van der Waals surface area contributed by atoms with Gasteiger partial charge in [-0.05, 0) is 25.3 Å². The summed E-state index contributed by atoms with van der Waals surface area (Å²) in [7, 11) is 0. The number of nitrogens with one attached hydrogen (secondary N) is 1. The Morgan fingerprint density at radius 1 is 1.29 bits per heavy atom. The average Bonchev–Trinajstić information content (AvgIpc) is 2.89. The van der Waals surface area contributed by atoms with Crippen molar-refractivity contribution in [1.82, 2.24) is 20.2 Å². The Labute approximate surface area is 123 Å². The second-order valence-corrected chi connectivity index (χ2v) is 5.08. The summed E-state index contributed by atoms with van der Waals surface area (Å²) >= 11 is 0. The highest BCUT2D eigenvalue weighted by Crippen LogP contribution is 2.28. The first-order chi connectivity index (χ1) is 10.2. The maximum atomic E-state index is 5.84. The lowest BCUT2D eigenvalue weighted by atomic mass is 9.99. The molecule has 21 heavy (non-hydrogen) atoms. The van der Waals surface area contributed by atoms with Gasteiger partial charge in [-0.25, -0.2) is 5.43 Å². The predicted molar refractivity (Wildman–Crippen MR) is 83.5 cm³/mol. The van der Waals surface area contributed by atoms with Gasteiger partial charge in [-0.15, -0.1) is 0 Å². The van der Waals surface area contributed by atoms with Gasteiger partial charge in [0.05, 0.1) is 17.4 Å². The van der Waals surface area contributed by atoms with E-state index in [2.05, 4.69) is 40.6 Å². The molecule has 0 spiro atoms. The van der Waals surface area contributed by atoms with Crippen LogP contribution in [0.4, 0.5) is 0 Å². The molecule has 1 unspecified atom stereocenters. The normalized spacial score (nSPS) is 12.7. The van der Waals surface area contributed by atoms with Crippen LogP contribution in [0.2, 0.25) is 0 Å². The van der Waals surface area contributed by atoms with E-state index in [1.807, 2.05) is 36.1 Å². The minimum absolute atomic E-state index is 0.134. The van der Waals surface area contributed by atoms with Crippen molar-refractivity contribution < 1.29 is 0 Å². The molecule has 0 amide bonds. The number of nitrogens with two attached hydrogens (primary N) is 1. The Bertz CT molecular complexity index is 757. The van der Waals surface area contributed by atoms with E-state index in [1.165, 1.54) is 0 Å². The Morgan fingerprint density at radius 2 is 2.10 bits per heavy atom. The Morgan fingerprint density at radius 3 is 2.86 bits per heavy atom. The molecule has 2 aromatic heterocycles. The summed E-state index contributed by atoms with van der Waals surface area (Å²) in [5.74, 6) is 5.84. The third-order valence-corrected chi connectivity index (χ3v) is 3.71. The molecular formula is C16H19N5. The van der Waals surface area contributed by atoms with Crippen molar-refractivity contribution in [3.63, 3.8) is 0 Å². The quantitative estimate of drug-likeness (QED) is 0.569. The Balaban J connectivity index is 2.18. The fourth-order valence-electron chi connectivity index (χ4n) is 2.76. The SMILES string of the molecule is CCn1nc(C)cc1C(NN)c1cncc2ccccc12. The van der Waals surface area contributed by atoms with Crippen LogP contribution in [0.3, 0.4) is 0 Å². The molecule has 1 atom stereocenters. The number of hydrogen-bond acceptors (Lipinski definition) is 4. The molecule has 0 radical (unpaired) electrons. The molecule has 0 aliphatic carbocycles. The monoisotopic (exact) mass is 281 g/mol. The second-order valence-electron chi connectivity index (χ2n) is 5.08. The summed E-state index contributed by atoms with van der Waals surface area (Å²) in [5.41, 5.74) is 6.01. The first-order valence-electron chi connectivity index (χ1n) is 7.07. The zero-order valence-corrected chi connectivity index (χ0v) is 12.2. The molecular weight excluding hydrogens is 262 g/mol. The number of fused-ring (bicyclic) bond motifs is 1. The zero-order chi connectivity index (χ0) is 14.8. The van der Waals surface area contributed by atoms with Crippen LogP contribution >= 0.6 is 0 Å². The van der Waals surface area contributed by atoms with Gasteiger partial charge in [0.15, 0.2) is 0 Å². The predicted octanol–water partition coefficient (Wildman–Crippen LogP) is 2.31. The lowest BCUT2D eigenvalue weighted by Crippen LogP contribution is -2.31. The summed E-state index contributed by atoms with van der Waals surface area (Å²) in [5, 5.41) is 6.76. The van der Waals surface area contributed by atoms with Crippen LogP contribution < -0.4 is 11.3 Å². The van der Waals surface area contributed by atoms with Gasteiger partial charge in [0.25, 0.3) is 0 Å². The molecule has 3 aromatic rings. The molecule has 0 aliphatic heterocycles. The van der Waals surface area contributed by atoms with E-state index in [9.17, 15) is 0 Å². The van der Waals surface area contributed by atoms with Gasteiger partial charge in [-0.1, -0.05) is 24.3 Å². The van der Waals surface area contributed by atoms with Crippen LogP contribution in [0.25, 0.3) is 10.8 Å². The van der Waals surface area contributed by atoms with Crippen LogP contribution in [0, 0.1) is 6.92 Å². The van der Waals surface area contributed by atoms with E-state index in [0.717, 1.165) is 34.3 Å². The largest absolute Gasteiger partial charge is 0.271 e. The van der Waals surface area contributed by atoms with Gasteiger partial charge >= 0.3 is 0 Å². The van der Waals surface area contributed by atoms with Gasteiger partial charge < -0.3 is 0 Å². The summed E-state index contributed by atoms with van der Waals surface area (Å²) in [6.07, 6.45) is 3.74. The van der Waals surface area contributed by atoms with Crippen molar-refractivity contribution in [3.8, 4) is 0 Å². The fourth-order valence-corrected chi connectivity index (χ4v) is 2.76. The van der Waals surface area contributed by atoms with E-state index >= 15 is 0 Å². The lowest BCUT2D eigenvalue weighted by Gasteiger charge is -2.19. The van der Waals surface area contributed by atoms with E-state index < -0.39 is 0 Å². The second kappa shape index (κ2) is 5.63. The van der Waals surface area contributed by atoms with E-state index in [-0.39, 0.29) is 6.04 Å². The fraction of sp³-hybridized carbons (Fsp3) is 0.250. The van der Waals surface area contributed by atoms with Gasteiger partial charge in [-0.3, -0.25) is 15.5 Å². The highest BCUT2D eigenvalue weighted by molar-refractivity contribution is 5.85. The van der Waals surface area contributed by atoms with Gasteiger partial charge in [0.1, 0.15) is 0 Å². The number of benzene rings is 1. The number of aromatic nitrogens is 3. The van der Waals surface area contributed by atoms with Crippen molar-refractivity contribution >= 4 is 10.8 Å². The summed E-state index contributed by atoms with van der Waals surface area (Å²) in [6.45, 7) is 4.87. The molecule has 0 bridgehead atoms. The number of rotatable bonds is 4. The van der Waals surface area contributed by atoms with E-state index in [4.69, 9.17) is 5.84 Å². The topological polar surface area (TPSA) is 68.8 Å². The third-order valence-electron chi connectivity index (χ3n) is 3.71. The lowest BCUT2D eigenvalue weighted by molar-refractivity contribution is 0.543. The third kappa shape index (κ3) is 2.41. The average molecular weight is 281 g/mol. The molecule has 0 aliphatic rings. The summed E-state index contributed by atoms with van der Waals surface area (Å²) in [4.78, 5) is 4.34. The van der Waals surface area contributed by atoms with Crippen LogP contribution in [0.1, 0.15) is 29.9 Å². The van der Waals surface area contributed by atoms with Crippen molar-refractivity contribution in [2.45, 2.75) is 26.4 Å². The van der Waals surface area contributed by atoms with Gasteiger partial charge in [-0.2, -0.15) is 5.10 Å². The molecule has 0 fully saturated rings. The molecule has 3 rings (SSSR count). The number of pyridine rings is 1. The molecule has 108 valence electrons. The van der Waals surface area contributed by atoms with Crippen molar-refractivity contribution in [2.24, 2.45) is 5.84 Å². The Kier molecular flexibility index (Phi) is 3.68. The van der Waals surface area contributed by atoms with E-state index in [0.29, 0.717) is 0 Å². The van der Waals surface area contributed by atoms with Crippen LogP contribution in [-0.4, -0.2) is 14.8 Å². The molecule has 2 heterocycles.